The van der Waals surface area contributed by atoms with Crippen LogP contribution in [0.5, 0.6) is 0 Å². The Morgan fingerprint density at radius 3 is 2.33 bits per heavy atom. The van der Waals surface area contributed by atoms with Crippen LogP contribution in [-0.2, 0) is 9.59 Å². The minimum Gasteiger partial charge on any atom is -0.481 e. The van der Waals surface area contributed by atoms with E-state index in [1.807, 2.05) is 13.8 Å². The van der Waals surface area contributed by atoms with Crippen molar-refractivity contribution in [1.29, 1.82) is 0 Å². The Labute approximate surface area is 95.7 Å². The third-order valence-corrected chi connectivity index (χ3v) is 3.01. The van der Waals surface area contributed by atoms with Crippen molar-refractivity contribution in [2.75, 3.05) is 0 Å². The van der Waals surface area contributed by atoms with Crippen molar-refractivity contribution in [3.8, 4) is 0 Å². The van der Waals surface area contributed by atoms with Crippen LogP contribution in [0.3, 0.4) is 0 Å². The van der Waals surface area contributed by atoms with Gasteiger partial charge in [-0.3, -0.25) is 9.59 Å². The van der Waals surface area contributed by atoms with Crippen LogP contribution in [0, 0.1) is 11.8 Å². The molecule has 1 aliphatic carbocycles. The van der Waals surface area contributed by atoms with Gasteiger partial charge in [0.1, 0.15) is 5.78 Å². The van der Waals surface area contributed by atoms with Gasteiger partial charge in [0, 0.05) is 17.1 Å². The van der Waals surface area contributed by atoms with Gasteiger partial charge in [-0.25, -0.2) is 0 Å². The topological polar surface area (TPSA) is 54.4 Å². The first-order valence-electron chi connectivity index (χ1n) is 5.29. The number of carbonyl (C=O) groups is 2. The molecule has 1 fully saturated rings. The SMILES string of the molecule is CC(C)(S)CC(=O)[C@H]1CCC[C@H]1C(=O)O. The van der Waals surface area contributed by atoms with E-state index in [-0.39, 0.29) is 16.4 Å². The minimum atomic E-state index is -0.831. The third kappa shape index (κ3) is 3.52. The van der Waals surface area contributed by atoms with Crippen molar-refractivity contribution in [2.24, 2.45) is 11.8 Å². The lowest BCUT2D eigenvalue weighted by Crippen LogP contribution is -2.29. The van der Waals surface area contributed by atoms with E-state index in [1.165, 1.54) is 0 Å². The van der Waals surface area contributed by atoms with E-state index in [9.17, 15) is 9.59 Å². The zero-order valence-corrected chi connectivity index (χ0v) is 10.1. The number of carboxylic acids is 1. The van der Waals surface area contributed by atoms with Crippen LogP contribution in [0.25, 0.3) is 0 Å². The van der Waals surface area contributed by atoms with Crippen LogP contribution in [0.15, 0.2) is 0 Å². The van der Waals surface area contributed by atoms with Gasteiger partial charge >= 0.3 is 5.97 Å². The summed E-state index contributed by atoms with van der Waals surface area (Å²) in [4.78, 5) is 22.8. The summed E-state index contributed by atoms with van der Waals surface area (Å²) >= 11 is 4.30. The second-order valence-electron chi connectivity index (χ2n) is 4.94. The van der Waals surface area contributed by atoms with Crippen molar-refractivity contribution < 1.29 is 14.7 Å². The molecule has 1 saturated carbocycles. The second kappa shape index (κ2) is 4.56. The lowest BCUT2D eigenvalue weighted by atomic mass is 9.88. The molecule has 0 aliphatic heterocycles. The first-order chi connectivity index (χ1) is 6.81. The predicted molar refractivity (Wildman–Crippen MR) is 61.2 cm³/mol. The zero-order chi connectivity index (χ0) is 11.6. The average Bonchev–Trinajstić information content (AvgIpc) is 2.47. The summed E-state index contributed by atoms with van der Waals surface area (Å²) in [6, 6.07) is 0. The summed E-state index contributed by atoms with van der Waals surface area (Å²) in [5.41, 5.74) is 0. The molecular weight excluding hydrogens is 212 g/mol. The van der Waals surface area contributed by atoms with E-state index in [2.05, 4.69) is 12.6 Å². The fourth-order valence-electron chi connectivity index (χ4n) is 2.20. The molecule has 0 heterocycles. The number of Topliss-reactive ketones (excluding diaryl/α,β-unsaturated/α-hetero) is 1. The van der Waals surface area contributed by atoms with Crippen molar-refractivity contribution in [2.45, 2.75) is 44.3 Å². The molecule has 0 aromatic carbocycles. The highest BCUT2D eigenvalue weighted by Crippen LogP contribution is 2.35. The molecule has 0 aromatic rings. The first-order valence-corrected chi connectivity index (χ1v) is 5.74. The van der Waals surface area contributed by atoms with Crippen molar-refractivity contribution in [3.63, 3.8) is 0 Å². The largest absolute Gasteiger partial charge is 0.481 e. The van der Waals surface area contributed by atoms with Gasteiger partial charge in [0.05, 0.1) is 5.92 Å². The Balaban J connectivity index is 2.63. The molecule has 0 spiro atoms. The van der Waals surface area contributed by atoms with E-state index in [4.69, 9.17) is 5.11 Å². The quantitative estimate of drug-likeness (QED) is 0.728. The predicted octanol–water partition coefficient (Wildman–Crippen LogP) is 2.15. The van der Waals surface area contributed by atoms with E-state index >= 15 is 0 Å². The second-order valence-corrected chi connectivity index (χ2v) is 6.15. The summed E-state index contributed by atoms with van der Waals surface area (Å²) in [5, 5.41) is 8.96. The van der Waals surface area contributed by atoms with Crippen molar-refractivity contribution in [3.05, 3.63) is 0 Å². The van der Waals surface area contributed by atoms with Crippen LogP contribution in [0.1, 0.15) is 39.5 Å². The smallest absolute Gasteiger partial charge is 0.307 e. The van der Waals surface area contributed by atoms with Crippen LogP contribution < -0.4 is 0 Å². The van der Waals surface area contributed by atoms with Crippen molar-refractivity contribution >= 4 is 24.4 Å². The van der Waals surface area contributed by atoms with E-state index in [0.717, 1.165) is 12.8 Å². The molecule has 2 atom stereocenters. The summed E-state index contributed by atoms with van der Waals surface area (Å²) < 4.78 is -0.345. The van der Waals surface area contributed by atoms with Gasteiger partial charge in [-0.1, -0.05) is 20.3 Å². The molecule has 4 heteroatoms. The monoisotopic (exact) mass is 230 g/mol. The maximum Gasteiger partial charge on any atom is 0.307 e. The van der Waals surface area contributed by atoms with Gasteiger partial charge in [0.15, 0.2) is 0 Å². The normalized spacial score (nSPS) is 26.6. The van der Waals surface area contributed by atoms with E-state index < -0.39 is 11.9 Å². The van der Waals surface area contributed by atoms with Gasteiger partial charge in [-0.15, -0.1) is 0 Å². The summed E-state index contributed by atoms with van der Waals surface area (Å²) in [5.74, 6) is -1.52. The Bertz CT molecular complexity index is 267. The lowest BCUT2D eigenvalue weighted by Gasteiger charge is -2.20. The lowest BCUT2D eigenvalue weighted by molar-refractivity contribution is -0.145. The number of carboxylic acid groups (broad SMARTS) is 1. The average molecular weight is 230 g/mol. The molecule has 0 saturated heterocycles. The van der Waals surface area contributed by atoms with Gasteiger partial charge in [0.2, 0.25) is 0 Å². The Morgan fingerprint density at radius 1 is 1.33 bits per heavy atom. The van der Waals surface area contributed by atoms with Crippen LogP contribution >= 0.6 is 12.6 Å². The van der Waals surface area contributed by atoms with E-state index in [0.29, 0.717) is 12.8 Å². The molecule has 1 rings (SSSR count). The molecule has 0 aromatic heterocycles. The molecule has 0 bridgehead atoms. The molecule has 0 unspecified atom stereocenters. The Hall–Kier alpha value is -0.510. The number of thiol groups is 1. The maximum atomic E-state index is 11.9. The summed E-state index contributed by atoms with van der Waals surface area (Å²) in [6.45, 7) is 3.75. The highest BCUT2D eigenvalue weighted by Gasteiger charge is 2.38. The molecule has 0 radical (unpaired) electrons. The standard InChI is InChI=1S/C11H18O3S/c1-11(2,15)6-9(12)7-4-3-5-8(7)10(13)14/h7-8,15H,3-6H2,1-2H3,(H,13,14)/t7-,8+/m0/s1. The molecule has 0 amide bonds. The van der Waals surface area contributed by atoms with Crippen LogP contribution in [0.2, 0.25) is 0 Å². The molecule has 1 aliphatic rings. The van der Waals surface area contributed by atoms with Crippen molar-refractivity contribution in [1.82, 2.24) is 0 Å². The zero-order valence-electron chi connectivity index (χ0n) is 9.19. The first kappa shape index (κ1) is 12.6. The number of aliphatic carboxylic acids is 1. The minimum absolute atomic E-state index is 0.0555. The summed E-state index contributed by atoms with van der Waals surface area (Å²) in [6.07, 6.45) is 2.56. The molecule has 86 valence electrons. The highest BCUT2D eigenvalue weighted by atomic mass is 32.1. The number of hydrogen-bond donors (Lipinski definition) is 2. The van der Waals surface area contributed by atoms with Crippen LogP contribution in [0.4, 0.5) is 0 Å². The summed E-state index contributed by atoms with van der Waals surface area (Å²) in [7, 11) is 0. The molecule has 3 nitrogen and oxygen atoms in total. The van der Waals surface area contributed by atoms with Gasteiger partial charge in [-0.2, -0.15) is 12.6 Å². The number of hydrogen-bond acceptors (Lipinski definition) is 3. The van der Waals surface area contributed by atoms with Gasteiger partial charge < -0.3 is 5.11 Å². The number of ketones is 1. The highest BCUT2D eigenvalue weighted by molar-refractivity contribution is 7.81. The third-order valence-electron chi connectivity index (χ3n) is 2.85. The number of rotatable bonds is 4. The fourth-order valence-corrected chi connectivity index (χ4v) is 2.35. The van der Waals surface area contributed by atoms with Gasteiger partial charge in [-0.05, 0) is 12.8 Å². The number of carbonyl (C=O) groups excluding carboxylic acids is 1. The Kier molecular flexibility index (Phi) is 3.82. The van der Waals surface area contributed by atoms with Crippen LogP contribution in [-0.4, -0.2) is 21.6 Å². The molecular formula is C11H18O3S. The fraction of sp³-hybridized carbons (Fsp3) is 0.818. The Morgan fingerprint density at radius 2 is 1.87 bits per heavy atom. The molecule has 1 N–H and O–H groups in total. The van der Waals surface area contributed by atoms with Gasteiger partial charge in [0.25, 0.3) is 0 Å². The van der Waals surface area contributed by atoms with E-state index in [1.54, 1.807) is 0 Å². The molecule has 15 heavy (non-hydrogen) atoms. The maximum absolute atomic E-state index is 11.9.